The molecule has 0 unspecified atom stereocenters. The third-order valence-electron chi connectivity index (χ3n) is 18.5. The third-order valence-corrected chi connectivity index (χ3v) is 21.1. The predicted molar refractivity (Wildman–Crippen MR) is 489 cm³/mol. The minimum Gasteiger partial charge on any atom is -0.495 e. The molecule has 124 heavy (non-hydrogen) atoms. The highest BCUT2D eigenvalue weighted by Gasteiger charge is 2.33. The minimum atomic E-state index is -4.32. The zero-order valence-electron chi connectivity index (χ0n) is 68.4. The minimum absolute atomic E-state index is 0.113. The van der Waals surface area contributed by atoms with Gasteiger partial charge >= 0.3 is 12.8 Å². The van der Waals surface area contributed by atoms with E-state index in [1.807, 2.05) is 54.6 Å². The van der Waals surface area contributed by atoms with E-state index in [1.165, 1.54) is 47.0 Å². The summed E-state index contributed by atoms with van der Waals surface area (Å²) in [5, 5.41) is 51.8. The van der Waals surface area contributed by atoms with Crippen LogP contribution < -0.4 is 94.5 Å². The lowest BCUT2D eigenvalue weighted by atomic mass is 10.0. The van der Waals surface area contributed by atoms with Gasteiger partial charge in [0, 0.05) is 126 Å². The number of aryl methyl sites for hydroxylation is 1. The van der Waals surface area contributed by atoms with E-state index in [4.69, 9.17) is 62.7 Å². The Kier molecular flexibility index (Phi) is 41.0. The Bertz CT molecular complexity index is 4690. The van der Waals surface area contributed by atoms with Gasteiger partial charge in [0.1, 0.15) is 23.1 Å². The molecule has 16 N–H and O–H groups in total. The first-order valence-electron chi connectivity index (χ1n) is 39.8. The summed E-state index contributed by atoms with van der Waals surface area (Å²) in [6.45, 7) is 19.0. The molecule has 0 saturated heterocycles. The molecule has 0 amide bonds. The second-order valence-corrected chi connectivity index (χ2v) is 30.1. The molecule has 8 heterocycles. The normalized spacial score (nSPS) is 14.7. The molecule has 0 radical (unpaired) electrons. The molecule has 0 spiro atoms. The second kappa shape index (κ2) is 52.6. The molecule has 26 nitrogen and oxygen atoms in total. The van der Waals surface area contributed by atoms with Crippen molar-refractivity contribution in [1.29, 1.82) is 0 Å². The third kappa shape index (κ3) is 33.6. The summed E-state index contributed by atoms with van der Waals surface area (Å²) >= 11 is 32.9. The smallest absolute Gasteiger partial charge is 0.416 e. The number of para-hydroxylation sites is 2. The highest BCUT2D eigenvalue weighted by molar-refractivity contribution is 9.10. The number of alkyl halides is 5. The molecule has 8 aromatic carbocycles. The Balaban J connectivity index is 0.000000161. The van der Waals surface area contributed by atoms with E-state index in [1.54, 1.807) is 61.7 Å². The fourth-order valence-corrected chi connectivity index (χ4v) is 13.5. The maximum atomic E-state index is 13.4. The lowest BCUT2D eigenvalue weighted by molar-refractivity contribution is -0.138. The molecule has 0 fully saturated rings. The Morgan fingerprint density at radius 2 is 0.685 bits per heavy atom. The van der Waals surface area contributed by atoms with Gasteiger partial charge in [0.15, 0.2) is 47.7 Å². The summed E-state index contributed by atoms with van der Waals surface area (Å²) in [5.74, 6) is 6.49. The monoisotopic (exact) mass is 1880 g/mol. The van der Waals surface area contributed by atoms with Crippen molar-refractivity contribution in [3.8, 4) is 11.5 Å². The van der Waals surface area contributed by atoms with Crippen molar-refractivity contribution in [2.24, 2.45) is 39.9 Å². The standard InChI is InChI=1S/C12H17N3.C11H14BrN3O.C11H12F3N3.C11H13F2N3O.C10H11Cl2N3.2C10H11ClFN3.C10H12ClN3/c1-9-4-3-5-11(10(9)2)8-15-12-13-6-7-14-12;1-16-10-8(3-2-4-9(10)12)7-15-11-13-5-6-14-11;12-11(13,14)9-4-2-1-3-8(9)7-17-10-15-5-6-16-10;12-10(13)17-9-4-2-1-3-8(9)7-16-11-14-5-6-15-11;11-8-3-1-2-7(9(8)12)6-15-10-13-4-5-14-10;11-9-7(2-1-3-8(9)12)6-15-10-13-4-5-14-10;11-8-3-1-2-7(9(8)12)6-15-10-13-4-5-14-10;11-9-4-2-1-3-8(9)7-14-10-12-5-6-13-10/h3-5H,6-8H2,1-2H3,(H2,13,14,15);2-4H,5-7H2,1H3,(H2,13,14,15);1-4H,5-7H2,(H2,15,16,17);1-4,10H,5-7H2,(H2,14,15,16);3*1-3H,4-6H2,(H2,13,14,15);1-4H,5-7H2,(H2,12,13,14). The molecule has 0 aromatic heterocycles. The maximum Gasteiger partial charge on any atom is 0.416 e. The van der Waals surface area contributed by atoms with Crippen LogP contribution in [0.15, 0.2) is 208 Å². The first-order valence-corrected chi connectivity index (χ1v) is 42.5. The van der Waals surface area contributed by atoms with Crippen LogP contribution in [0.3, 0.4) is 0 Å². The summed E-state index contributed by atoms with van der Waals surface area (Å²) < 4.78 is 99.6. The van der Waals surface area contributed by atoms with Gasteiger partial charge in [0.05, 0.1) is 89.6 Å². The highest BCUT2D eigenvalue weighted by Crippen LogP contribution is 2.33. The fraction of sp³-hybridized carbons (Fsp3) is 0.341. The number of hydrogen-bond donors (Lipinski definition) is 16. The van der Waals surface area contributed by atoms with E-state index >= 15 is 0 Å². The lowest BCUT2D eigenvalue weighted by Crippen LogP contribution is -2.33. The Morgan fingerprint density at radius 3 is 1.13 bits per heavy atom. The molecule has 0 atom stereocenters. The van der Waals surface area contributed by atoms with Crippen LogP contribution in [0, 0.1) is 25.5 Å². The Labute approximate surface area is 750 Å². The molecule has 8 aliphatic rings. The molecular weight excluding hydrogens is 1780 g/mol. The Hall–Kier alpha value is -11.0. The summed E-state index contributed by atoms with van der Waals surface area (Å²) in [4.78, 5) is 33.5. The number of rotatable bonds is 19. The van der Waals surface area contributed by atoms with E-state index in [2.05, 4.69) is 178 Å². The molecule has 664 valence electrons. The van der Waals surface area contributed by atoms with Crippen LogP contribution in [-0.2, 0) is 58.5 Å². The molecule has 8 aliphatic heterocycles. The van der Waals surface area contributed by atoms with Crippen molar-refractivity contribution in [2.75, 3.05) is 112 Å². The second-order valence-electron chi connectivity index (χ2n) is 27.2. The molecule has 0 saturated carbocycles. The topological polar surface area (TPSA) is 310 Å². The van der Waals surface area contributed by atoms with Crippen LogP contribution in [0.2, 0.25) is 25.1 Å². The zero-order chi connectivity index (χ0) is 88.3. The quantitative estimate of drug-likeness (QED) is 0.0335. The number of nitrogens with one attached hydrogen (secondary N) is 16. The van der Waals surface area contributed by atoms with Gasteiger partial charge in [-0.05, 0) is 111 Å². The van der Waals surface area contributed by atoms with Crippen molar-refractivity contribution < 1.29 is 40.2 Å². The number of methoxy groups -OCH3 is 1. The number of aliphatic imine (C=N–C) groups is 8. The van der Waals surface area contributed by atoms with Gasteiger partial charge in [-0.25, -0.2) is 8.78 Å². The lowest BCUT2D eigenvalue weighted by Gasteiger charge is -2.13. The average Bonchev–Trinajstić information content (AvgIpc) is 1.01. The maximum absolute atomic E-state index is 13.4. The number of hydrogen-bond acceptors (Lipinski definition) is 26. The zero-order valence-corrected chi connectivity index (χ0v) is 73.8. The van der Waals surface area contributed by atoms with E-state index in [0.29, 0.717) is 78.9 Å². The van der Waals surface area contributed by atoms with Crippen LogP contribution in [0.4, 0.5) is 30.7 Å². The van der Waals surface area contributed by atoms with Crippen molar-refractivity contribution >= 4 is 122 Å². The molecule has 0 bridgehead atoms. The van der Waals surface area contributed by atoms with Crippen LogP contribution in [-0.4, -0.2) is 166 Å². The summed E-state index contributed by atoms with van der Waals surface area (Å²) in [6, 6.07) is 47.8. The highest BCUT2D eigenvalue weighted by atomic mass is 79.9. The van der Waals surface area contributed by atoms with Crippen LogP contribution in [0.1, 0.15) is 61.2 Å². The van der Waals surface area contributed by atoms with Gasteiger partial charge in [0.25, 0.3) is 0 Å². The summed E-state index contributed by atoms with van der Waals surface area (Å²) in [7, 11) is 1.68. The van der Waals surface area contributed by atoms with Gasteiger partial charge < -0.3 is 94.5 Å². The summed E-state index contributed by atoms with van der Waals surface area (Å²) in [6.07, 6.45) is -4.32. The van der Waals surface area contributed by atoms with Gasteiger partial charge in [-0.3, -0.25) is 39.9 Å². The van der Waals surface area contributed by atoms with E-state index in [0.717, 1.165) is 184 Å². The van der Waals surface area contributed by atoms with Crippen molar-refractivity contribution in [2.45, 2.75) is 79.0 Å². The first-order chi connectivity index (χ1) is 60.1. The number of guanidine groups is 8. The Morgan fingerprint density at radius 1 is 0.363 bits per heavy atom. The largest absolute Gasteiger partial charge is 0.495 e. The van der Waals surface area contributed by atoms with Gasteiger partial charge in [-0.15, -0.1) is 0 Å². The van der Waals surface area contributed by atoms with Gasteiger partial charge in [0.2, 0.25) is 0 Å². The van der Waals surface area contributed by atoms with Crippen molar-refractivity contribution in [3.63, 3.8) is 0 Å². The molecule has 39 heteroatoms. The number of nitrogens with zero attached hydrogens (tertiary/aromatic N) is 8. The van der Waals surface area contributed by atoms with E-state index < -0.39 is 24.2 Å². The average molecular weight is 1880 g/mol. The van der Waals surface area contributed by atoms with E-state index in [-0.39, 0.29) is 33.7 Å². The fourth-order valence-electron chi connectivity index (χ4n) is 12.0. The van der Waals surface area contributed by atoms with Crippen molar-refractivity contribution in [3.05, 3.63) is 266 Å². The van der Waals surface area contributed by atoms with Crippen LogP contribution in [0.25, 0.3) is 0 Å². The SMILES string of the molecule is COc1c(Br)cccc1CNC1=NCCN1.Cc1cccc(CNC2=NCCN2)c1C.Clc1cccc(CNC2=NCCN2)c1Cl.Clc1ccccc1CNC1=NCCN1.FC(F)(F)c1ccccc1CNC1=NCCN1.FC(F)Oc1ccccc1CNC1=NCCN1.Fc1c(Cl)cccc1CNC1=NCCN1.Fc1cccc(CNC2=NCCN2)c1Cl. The molecule has 16 rings (SSSR count). The van der Waals surface area contributed by atoms with Crippen LogP contribution in [0.5, 0.6) is 11.5 Å². The predicted octanol–water partition coefficient (Wildman–Crippen LogP) is 12.4. The molecule has 0 aliphatic carbocycles. The van der Waals surface area contributed by atoms with Crippen molar-refractivity contribution in [1.82, 2.24) is 85.1 Å². The van der Waals surface area contributed by atoms with E-state index in [9.17, 15) is 30.7 Å². The van der Waals surface area contributed by atoms with Crippen LogP contribution >= 0.6 is 73.9 Å². The molecule has 8 aromatic rings. The summed E-state index contributed by atoms with van der Waals surface area (Å²) in [5.41, 5.74) is 8.77. The van der Waals surface area contributed by atoms with Gasteiger partial charge in [-0.1, -0.05) is 179 Å². The van der Waals surface area contributed by atoms with Gasteiger partial charge in [-0.2, -0.15) is 22.0 Å². The number of ether oxygens (including phenoxy) is 2. The number of halogens is 13. The number of benzene rings is 8. The molecular formula is C85H101BrCl5F7N24O2. The first kappa shape index (κ1) is 96.8.